The van der Waals surface area contributed by atoms with Gasteiger partial charge in [-0.1, -0.05) is 0 Å². The first-order valence-corrected chi connectivity index (χ1v) is 2.98. The Hall–Kier alpha value is -1.65. The number of nitro groups is 1. The summed E-state index contributed by atoms with van der Waals surface area (Å²) in [6.07, 6.45) is 5.42. The van der Waals surface area contributed by atoms with Crippen LogP contribution in [0.5, 0.6) is 0 Å². The Morgan fingerprint density at radius 3 is 3.00 bits per heavy atom. The lowest BCUT2D eigenvalue weighted by molar-refractivity contribution is -0.401. The van der Waals surface area contributed by atoms with Crippen molar-refractivity contribution >= 4 is 6.08 Å². The summed E-state index contributed by atoms with van der Waals surface area (Å²) in [6, 6.07) is 0. The van der Waals surface area contributed by atoms with Gasteiger partial charge < -0.3 is 4.57 Å². The van der Waals surface area contributed by atoms with Crippen LogP contribution in [0.4, 0.5) is 0 Å². The van der Waals surface area contributed by atoms with Crippen molar-refractivity contribution in [3.8, 4) is 0 Å². The second kappa shape index (κ2) is 2.96. The molecule has 0 atom stereocenters. The molecular weight excluding hydrogens is 146 g/mol. The molecule has 1 aromatic rings. The molecule has 5 nitrogen and oxygen atoms in total. The number of hydrogen-bond donors (Lipinski definition) is 0. The predicted octanol–water partition coefficient (Wildman–Crippen LogP) is 0.667. The number of aromatic nitrogens is 2. The summed E-state index contributed by atoms with van der Waals surface area (Å²) in [6.45, 7) is 0. The standard InChI is InChI=1S/C6H7N3O2/c1-8-5-7-4-6(8)2-3-9(10)11/h2-5H,1H3/b3-2+. The fourth-order valence-electron chi connectivity index (χ4n) is 0.665. The van der Waals surface area contributed by atoms with Crippen LogP contribution < -0.4 is 0 Å². The van der Waals surface area contributed by atoms with Crippen molar-refractivity contribution in [3.05, 3.63) is 34.5 Å². The number of nitrogens with zero attached hydrogens (tertiary/aromatic N) is 3. The van der Waals surface area contributed by atoms with Crippen molar-refractivity contribution in [1.29, 1.82) is 0 Å². The van der Waals surface area contributed by atoms with Crippen LogP contribution in [0.1, 0.15) is 5.69 Å². The molecule has 0 saturated heterocycles. The molecule has 0 saturated carbocycles. The molecule has 0 radical (unpaired) electrons. The van der Waals surface area contributed by atoms with Gasteiger partial charge in [0.1, 0.15) is 0 Å². The van der Waals surface area contributed by atoms with Gasteiger partial charge >= 0.3 is 0 Å². The molecule has 0 aliphatic heterocycles. The summed E-state index contributed by atoms with van der Waals surface area (Å²) in [4.78, 5) is 13.2. The van der Waals surface area contributed by atoms with E-state index in [-0.39, 0.29) is 0 Å². The molecular formula is C6H7N3O2. The second-order valence-electron chi connectivity index (χ2n) is 2.03. The van der Waals surface area contributed by atoms with E-state index in [1.165, 1.54) is 6.08 Å². The fourth-order valence-corrected chi connectivity index (χ4v) is 0.665. The highest BCUT2D eigenvalue weighted by atomic mass is 16.6. The van der Waals surface area contributed by atoms with Gasteiger partial charge in [0, 0.05) is 13.1 Å². The SMILES string of the molecule is Cn1cncc1/C=C/[N+](=O)[O-]. The summed E-state index contributed by atoms with van der Waals surface area (Å²) in [5.41, 5.74) is 0.710. The Morgan fingerprint density at radius 2 is 2.55 bits per heavy atom. The lowest BCUT2D eigenvalue weighted by atomic mass is 10.4. The first-order valence-electron chi connectivity index (χ1n) is 2.98. The van der Waals surface area contributed by atoms with Crippen LogP contribution in [0, 0.1) is 10.1 Å². The minimum absolute atomic E-state index is 0.507. The molecule has 0 aromatic carbocycles. The summed E-state index contributed by atoms with van der Waals surface area (Å²) >= 11 is 0. The zero-order chi connectivity index (χ0) is 8.27. The van der Waals surface area contributed by atoms with Gasteiger partial charge in [-0.3, -0.25) is 10.1 Å². The minimum Gasteiger partial charge on any atom is -0.334 e. The number of imidazole rings is 1. The molecule has 0 spiro atoms. The van der Waals surface area contributed by atoms with Gasteiger partial charge in [-0.15, -0.1) is 0 Å². The highest BCUT2D eigenvalue weighted by Crippen LogP contribution is 1.98. The molecule has 1 rings (SSSR count). The maximum atomic E-state index is 9.89. The van der Waals surface area contributed by atoms with Crippen molar-refractivity contribution in [2.75, 3.05) is 0 Å². The third-order valence-electron chi connectivity index (χ3n) is 1.22. The summed E-state index contributed by atoms with van der Waals surface area (Å²) in [7, 11) is 1.77. The highest BCUT2D eigenvalue weighted by Gasteiger charge is 1.93. The van der Waals surface area contributed by atoms with E-state index in [2.05, 4.69) is 4.98 Å². The second-order valence-corrected chi connectivity index (χ2v) is 2.03. The first-order chi connectivity index (χ1) is 5.20. The Kier molecular flexibility index (Phi) is 2.00. The molecule has 0 N–H and O–H groups in total. The Bertz CT molecular complexity index is 290. The number of rotatable bonds is 2. The van der Waals surface area contributed by atoms with Crippen LogP contribution in [-0.2, 0) is 7.05 Å². The summed E-state index contributed by atoms with van der Waals surface area (Å²) < 4.78 is 1.69. The maximum Gasteiger partial charge on any atom is 0.236 e. The average Bonchev–Trinajstić information content (AvgIpc) is 2.31. The largest absolute Gasteiger partial charge is 0.334 e. The Morgan fingerprint density at radius 1 is 1.82 bits per heavy atom. The highest BCUT2D eigenvalue weighted by molar-refractivity contribution is 5.41. The van der Waals surface area contributed by atoms with E-state index in [0.29, 0.717) is 5.69 Å². The van der Waals surface area contributed by atoms with Crippen molar-refractivity contribution in [2.45, 2.75) is 0 Å². The van der Waals surface area contributed by atoms with Crippen LogP contribution in [0.2, 0.25) is 0 Å². The minimum atomic E-state index is -0.507. The Balaban J connectivity index is 2.79. The molecule has 0 aliphatic rings. The zero-order valence-corrected chi connectivity index (χ0v) is 5.97. The van der Waals surface area contributed by atoms with E-state index < -0.39 is 4.92 Å². The van der Waals surface area contributed by atoms with Crippen LogP contribution in [0.25, 0.3) is 6.08 Å². The topological polar surface area (TPSA) is 61.0 Å². The third kappa shape index (κ3) is 1.89. The van der Waals surface area contributed by atoms with Crippen LogP contribution in [0.3, 0.4) is 0 Å². The van der Waals surface area contributed by atoms with Gasteiger partial charge in [0.05, 0.1) is 23.1 Å². The molecule has 11 heavy (non-hydrogen) atoms. The molecule has 1 heterocycles. The van der Waals surface area contributed by atoms with Crippen molar-refractivity contribution < 1.29 is 4.92 Å². The van der Waals surface area contributed by atoms with Crippen LogP contribution in [-0.4, -0.2) is 14.5 Å². The maximum absolute atomic E-state index is 9.89. The zero-order valence-electron chi connectivity index (χ0n) is 5.97. The third-order valence-corrected chi connectivity index (χ3v) is 1.22. The monoisotopic (exact) mass is 153 g/mol. The molecule has 0 fully saturated rings. The van der Waals surface area contributed by atoms with Crippen LogP contribution >= 0.6 is 0 Å². The van der Waals surface area contributed by atoms with Gasteiger partial charge in [-0.25, -0.2) is 4.98 Å². The smallest absolute Gasteiger partial charge is 0.236 e. The fraction of sp³-hybridized carbons (Fsp3) is 0.167. The van der Waals surface area contributed by atoms with E-state index >= 15 is 0 Å². The summed E-state index contributed by atoms with van der Waals surface area (Å²) in [5, 5.41) is 9.89. The molecule has 0 amide bonds. The Labute approximate surface area is 63.1 Å². The van der Waals surface area contributed by atoms with Crippen LogP contribution in [0.15, 0.2) is 18.7 Å². The predicted molar refractivity (Wildman–Crippen MR) is 39.2 cm³/mol. The normalized spacial score (nSPS) is 10.6. The van der Waals surface area contributed by atoms with Crippen molar-refractivity contribution in [1.82, 2.24) is 9.55 Å². The lowest BCUT2D eigenvalue weighted by Crippen LogP contribution is -1.88. The van der Waals surface area contributed by atoms with Gasteiger partial charge in [0.25, 0.3) is 0 Å². The van der Waals surface area contributed by atoms with Gasteiger partial charge in [0.2, 0.25) is 6.20 Å². The van der Waals surface area contributed by atoms with E-state index in [1.54, 1.807) is 24.1 Å². The molecule has 0 unspecified atom stereocenters. The molecule has 58 valence electrons. The molecule has 1 aromatic heterocycles. The first kappa shape index (κ1) is 7.46. The summed E-state index contributed by atoms with van der Waals surface area (Å²) in [5.74, 6) is 0. The van der Waals surface area contributed by atoms with Gasteiger partial charge in [-0.2, -0.15) is 0 Å². The van der Waals surface area contributed by atoms with Gasteiger partial charge in [-0.05, 0) is 0 Å². The molecule has 0 bridgehead atoms. The quantitative estimate of drug-likeness (QED) is 0.463. The van der Waals surface area contributed by atoms with Crippen molar-refractivity contribution in [3.63, 3.8) is 0 Å². The van der Waals surface area contributed by atoms with Crippen molar-refractivity contribution in [2.24, 2.45) is 7.05 Å². The average molecular weight is 153 g/mol. The lowest BCUT2D eigenvalue weighted by Gasteiger charge is -1.89. The number of aryl methyl sites for hydroxylation is 1. The van der Waals surface area contributed by atoms with E-state index in [4.69, 9.17) is 0 Å². The van der Waals surface area contributed by atoms with E-state index in [1.807, 2.05) is 0 Å². The van der Waals surface area contributed by atoms with E-state index in [0.717, 1.165) is 6.20 Å². The number of hydrogen-bond acceptors (Lipinski definition) is 3. The molecule has 0 aliphatic carbocycles. The molecule has 5 heteroatoms. The van der Waals surface area contributed by atoms with Gasteiger partial charge in [0.15, 0.2) is 0 Å². The van der Waals surface area contributed by atoms with E-state index in [9.17, 15) is 10.1 Å².